The van der Waals surface area contributed by atoms with Gasteiger partial charge in [-0.3, -0.25) is 0 Å². The van der Waals surface area contributed by atoms with Crippen molar-refractivity contribution in [3.63, 3.8) is 0 Å². The summed E-state index contributed by atoms with van der Waals surface area (Å²) in [6.45, 7) is 1.54. The van der Waals surface area contributed by atoms with Crippen molar-refractivity contribution in [2.45, 2.75) is 12.5 Å². The van der Waals surface area contributed by atoms with Gasteiger partial charge in [0.15, 0.2) is 5.82 Å². The molecule has 1 saturated heterocycles. The molecule has 1 fully saturated rings. The van der Waals surface area contributed by atoms with Crippen molar-refractivity contribution in [2.75, 3.05) is 37.4 Å². The molecule has 3 N–H and O–H groups in total. The van der Waals surface area contributed by atoms with E-state index >= 15 is 0 Å². The number of carboxylic acids is 1. The van der Waals surface area contributed by atoms with Gasteiger partial charge in [-0.15, -0.1) is 0 Å². The number of rotatable bonds is 6. The Kier molecular flexibility index (Phi) is 5.33. The van der Waals surface area contributed by atoms with Crippen LogP contribution in [0.2, 0.25) is 0 Å². The fourth-order valence-electron chi connectivity index (χ4n) is 2.66. The Morgan fingerprint density at radius 2 is 2.22 bits per heavy atom. The van der Waals surface area contributed by atoms with E-state index in [2.05, 4.69) is 25.6 Å². The number of hydrogen-bond acceptors (Lipinski definition) is 9. The molecule has 3 rings (SSSR count). The molecule has 0 bridgehead atoms. The van der Waals surface area contributed by atoms with Crippen LogP contribution in [0.3, 0.4) is 0 Å². The van der Waals surface area contributed by atoms with Crippen LogP contribution in [0, 0.1) is 11.3 Å². The summed E-state index contributed by atoms with van der Waals surface area (Å²) in [7, 11) is 3.49. The molecule has 0 radical (unpaired) electrons. The van der Waals surface area contributed by atoms with Gasteiger partial charge in [-0.05, 0) is 13.0 Å². The summed E-state index contributed by atoms with van der Waals surface area (Å²) in [5.41, 5.74) is 0.694. The molecule has 0 saturated carbocycles. The molecular weight excluding hydrogens is 350 g/mol. The van der Waals surface area contributed by atoms with Crippen LogP contribution in [-0.4, -0.2) is 59.3 Å². The third kappa shape index (κ3) is 4.21. The van der Waals surface area contributed by atoms with Crippen molar-refractivity contribution in [1.29, 1.82) is 5.26 Å². The summed E-state index contributed by atoms with van der Waals surface area (Å²) in [6, 6.07) is 3.57. The highest BCUT2D eigenvalue weighted by Crippen LogP contribution is 2.24. The van der Waals surface area contributed by atoms with Gasteiger partial charge in [0.1, 0.15) is 23.6 Å². The Bertz CT molecular complexity index is 889. The number of aromatic nitrogens is 3. The average molecular weight is 369 g/mol. The van der Waals surface area contributed by atoms with Gasteiger partial charge in [-0.2, -0.15) is 10.2 Å². The zero-order chi connectivity index (χ0) is 19.4. The number of carbonyl (C=O) groups is 1. The lowest BCUT2D eigenvalue weighted by atomic mass is 10.2. The van der Waals surface area contributed by atoms with E-state index in [9.17, 15) is 15.2 Å². The number of anilines is 3. The lowest BCUT2D eigenvalue weighted by molar-refractivity contribution is 0.0697. The Labute approximate surface area is 155 Å². The van der Waals surface area contributed by atoms with Crippen LogP contribution in [0.5, 0.6) is 5.88 Å². The van der Waals surface area contributed by atoms with Crippen molar-refractivity contribution < 1.29 is 14.6 Å². The molecule has 0 aromatic carbocycles. The summed E-state index contributed by atoms with van der Waals surface area (Å²) in [5.74, 6) is -0.158. The van der Waals surface area contributed by atoms with E-state index in [0.717, 1.165) is 13.0 Å². The predicted molar refractivity (Wildman–Crippen MR) is 97.5 cm³/mol. The summed E-state index contributed by atoms with van der Waals surface area (Å²) >= 11 is 0. The molecule has 3 heterocycles. The Morgan fingerprint density at radius 3 is 2.85 bits per heavy atom. The molecule has 0 unspecified atom stereocenters. The van der Waals surface area contributed by atoms with Crippen molar-refractivity contribution in [2.24, 2.45) is 0 Å². The monoisotopic (exact) mass is 369 g/mol. The van der Waals surface area contributed by atoms with Crippen molar-refractivity contribution >= 4 is 23.3 Å². The SMILES string of the molecule is CN(C)c1cc(Nc2cnc(C#N)c(O[C@@H]3CCNC3)n2)ncc1C(=O)O. The standard InChI is InChI=1S/C17H19N7O3/c1-24(2)13-5-14(21-8-11(13)17(25)26)22-15-9-20-12(6-18)16(23-15)27-10-3-4-19-7-10/h5,8-10,19H,3-4,7H2,1-2H3,(H,25,26)(H,21,22,23)/t10-/m1/s1. The number of nitrogens with zero attached hydrogens (tertiary/aromatic N) is 5. The molecule has 10 heteroatoms. The first-order chi connectivity index (χ1) is 13.0. The number of ether oxygens (including phenoxy) is 1. The van der Waals surface area contributed by atoms with E-state index in [1.54, 1.807) is 25.1 Å². The number of nitriles is 1. The van der Waals surface area contributed by atoms with Crippen LogP contribution in [0.4, 0.5) is 17.3 Å². The van der Waals surface area contributed by atoms with Crippen molar-refractivity contribution in [1.82, 2.24) is 20.3 Å². The molecule has 2 aromatic heterocycles. The van der Waals surface area contributed by atoms with E-state index in [0.29, 0.717) is 23.9 Å². The normalized spacial score (nSPS) is 15.8. The zero-order valence-corrected chi connectivity index (χ0v) is 14.9. The highest BCUT2D eigenvalue weighted by Gasteiger charge is 2.20. The minimum atomic E-state index is -1.06. The molecule has 10 nitrogen and oxygen atoms in total. The van der Waals surface area contributed by atoms with E-state index in [1.807, 2.05) is 6.07 Å². The molecule has 2 aromatic rings. The summed E-state index contributed by atoms with van der Waals surface area (Å²) < 4.78 is 5.78. The van der Waals surface area contributed by atoms with Gasteiger partial charge >= 0.3 is 5.97 Å². The number of hydrogen-bond donors (Lipinski definition) is 3. The highest BCUT2D eigenvalue weighted by molar-refractivity contribution is 5.94. The first-order valence-electron chi connectivity index (χ1n) is 8.30. The largest absolute Gasteiger partial charge is 0.478 e. The summed E-state index contributed by atoms with van der Waals surface area (Å²) in [4.78, 5) is 25.5. The minimum absolute atomic E-state index is 0.0602. The van der Waals surface area contributed by atoms with Crippen LogP contribution in [0.1, 0.15) is 22.5 Å². The Balaban J connectivity index is 1.86. The van der Waals surface area contributed by atoms with E-state index in [-0.39, 0.29) is 23.2 Å². The third-order valence-electron chi connectivity index (χ3n) is 3.99. The second-order valence-corrected chi connectivity index (χ2v) is 6.16. The summed E-state index contributed by atoms with van der Waals surface area (Å²) in [6.07, 6.45) is 3.45. The maximum atomic E-state index is 11.3. The minimum Gasteiger partial charge on any atom is -0.478 e. The van der Waals surface area contributed by atoms with Gasteiger partial charge in [0.05, 0.1) is 11.9 Å². The average Bonchev–Trinajstić information content (AvgIpc) is 3.15. The van der Waals surface area contributed by atoms with Gasteiger partial charge in [0, 0.05) is 32.9 Å². The maximum Gasteiger partial charge on any atom is 0.339 e. The second kappa shape index (κ2) is 7.84. The van der Waals surface area contributed by atoms with Crippen LogP contribution < -0.4 is 20.3 Å². The van der Waals surface area contributed by atoms with Gasteiger partial charge < -0.3 is 25.4 Å². The Hall–Kier alpha value is -3.45. The predicted octanol–water partition coefficient (Wildman–Crippen LogP) is 0.992. The number of nitrogens with one attached hydrogen (secondary N) is 2. The fraction of sp³-hybridized carbons (Fsp3) is 0.353. The Morgan fingerprint density at radius 1 is 1.41 bits per heavy atom. The van der Waals surface area contributed by atoms with Gasteiger partial charge in [0.25, 0.3) is 5.88 Å². The number of carboxylic acid groups (broad SMARTS) is 1. The molecule has 0 amide bonds. The molecule has 27 heavy (non-hydrogen) atoms. The lowest BCUT2D eigenvalue weighted by Crippen LogP contribution is -2.21. The van der Waals surface area contributed by atoms with Crippen LogP contribution >= 0.6 is 0 Å². The van der Waals surface area contributed by atoms with Crippen LogP contribution in [0.25, 0.3) is 0 Å². The van der Waals surface area contributed by atoms with Crippen LogP contribution in [0.15, 0.2) is 18.5 Å². The molecule has 1 atom stereocenters. The molecular formula is C17H19N7O3. The first-order valence-corrected chi connectivity index (χ1v) is 8.30. The van der Waals surface area contributed by atoms with Gasteiger partial charge in [0.2, 0.25) is 5.69 Å². The fourth-order valence-corrected chi connectivity index (χ4v) is 2.66. The van der Waals surface area contributed by atoms with Gasteiger partial charge in [-0.25, -0.2) is 14.8 Å². The third-order valence-corrected chi connectivity index (χ3v) is 3.99. The lowest BCUT2D eigenvalue weighted by Gasteiger charge is -2.17. The highest BCUT2D eigenvalue weighted by atomic mass is 16.5. The van der Waals surface area contributed by atoms with E-state index in [1.165, 1.54) is 12.4 Å². The molecule has 1 aliphatic heterocycles. The summed E-state index contributed by atoms with van der Waals surface area (Å²) in [5, 5.41) is 24.6. The second-order valence-electron chi connectivity index (χ2n) is 6.16. The molecule has 0 aliphatic carbocycles. The quantitative estimate of drug-likeness (QED) is 0.676. The van der Waals surface area contributed by atoms with Gasteiger partial charge in [-0.1, -0.05) is 0 Å². The molecule has 0 spiro atoms. The van der Waals surface area contributed by atoms with Crippen molar-refractivity contribution in [3.8, 4) is 11.9 Å². The van der Waals surface area contributed by atoms with Crippen LogP contribution in [-0.2, 0) is 0 Å². The number of pyridine rings is 1. The smallest absolute Gasteiger partial charge is 0.339 e. The first kappa shape index (κ1) is 18.3. The maximum absolute atomic E-state index is 11.3. The van der Waals surface area contributed by atoms with E-state index < -0.39 is 5.97 Å². The van der Waals surface area contributed by atoms with E-state index in [4.69, 9.17) is 4.74 Å². The molecule has 1 aliphatic rings. The number of aromatic carboxylic acids is 1. The molecule has 140 valence electrons. The topological polar surface area (TPSA) is 136 Å². The zero-order valence-electron chi connectivity index (χ0n) is 14.9. The van der Waals surface area contributed by atoms with Crippen molar-refractivity contribution in [3.05, 3.63) is 29.7 Å².